The average molecular weight is 344 g/mol. The summed E-state index contributed by atoms with van der Waals surface area (Å²) in [4.78, 5) is 2.31. The van der Waals surface area contributed by atoms with Crippen molar-refractivity contribution in [3.8, 4) is 0 Å². The summed E-state index contributed by atoms with van der Waals surface area (Å²) in [6, 6.07) is 8.88. The normalized spacial score (nSPS) is 15.5. The number of nitrogens with zero attached hydrogens (tertiary/aromatic N) is 4. The largest absolute Gasteiger partial charge is 0.388 e. The molecule has 1 aliphatic rings. The van der Waals surface area contributed by atoms with E-state index in [1.807, 2.05) is 7.05 Å². The second-order valence-electron chi connectivity index (χ2n) is 6.16. The third-order valence-corrected chi connectivity index (χ3v) is 5.12. The fourth-order valence-electron chi connectivity index (χ4n) is 3.01. The highest BCUT2D eigenvalue weighted by Gasteiger charge is 2.15. The number of aryl methyl sites for hydroxylation is 1. The zero-order valence-electron chi connectivity index (χ0n) is 14.3. The molecule has 0 amide bonds. The lowest BCUT2D eigenvalue weighted by Gasteiger charge is -2.26. The van der Waals surface area contributed by atoms with Crippen molar-refractivity contribution in [2.24, 2.45) is 7.05 Å². The van der Waals surface area contributed by atoms with E-state index in [9.17, 15) is 5.11 Å². The van der Waals surface area contributed by atoms with Crippen molar-refractivity contribution in [2.45, 2.75) is 33.0 Å². The summed E-state index contributed by atoms with van der Waals surface area (Å²) in [7, 11) is 1.84. The molecular formula is C18H24N4OS. The number of hydrogen-bond acceptors (Lipinski definition) is 4. The summed E-state index contributed by atoms with van der Waals surface area (Å²) in [6.07, 6.45) is 4.40. The van der Waals surface area contributed by atoms with Crippen LogP contribution in [0.2, 0.25) is 0 Å². The Hall–Kier alpha value is -1.76. The quantitative estimate of drug-likeness (QED) is 0.847. The molecule has 24 heavy (non-hydrogen) atoms. The van der Waals surface area contributed by atoms with Crippen LogP contribution in [0, 0.1) is 4.77 Å². The van der Waals surface area contributed by atoms with E-state index < -0.39 is 0 Å². The number of rotatable bonds is 5. The van der Waals surface area contributed by atoms with Gasteiger partial charge in [-0.25, -0.2) is 4.68 Å². The van der Waals surface area contributed by atoms with Gasteiger partial charge in [0.25, 0.3) is 0 Å². The Morgan fingerprint density at radius 1 is 1.25 bits per heavy atom. The molecule has 1 aliphatic heterocycles. The van der Waals surface area contributed by atoms with Crippen molar-refractivity contribution in [1.82, 2.24) is 19.2 Å². The topological polar surface area (TPSA) is 46.2 Å². The van der Waals surface area contributed by atoms with Gasteiger partial charge in [0.05, 0.1) is 6.67 Å². The Bertz CT molecular complexity index is 788. The van der Waals surface area contributed by atoms with Crippen LogP contribution in [0.4, 0.5) is 0 Å². The highest BCUT2D eigenvalue weighted by Crippen LogP contribution is 2.23. The first-order valence-electron chi connectivity index (χ1n) is 8.36. The van der Waals surface area contributed by atoms with Crippen LogP contribution in [0.5, 0.6) is 0 Å². The predicted molar refractivity (Wildman–Crippen MR) is 97.9 cm³/mol. The maximum atomic E-state index is 9.29. The molecule has 0 saturated carbocycles. The Morgan fingerprint density at radius 2 is 2.00 bits per heavy atom. The molecule has 0 spiro atoms. The highest BCUT2D eigenvalue weighted by atomic mass is 32.1. The van der Waals surface area contributed by atoms with Crippen LogP contribution in [0.1, 0.15) is 30.3 Å². The fourth-order valence-corrected chi connectivity index (χ4v) is 3.21. The van der Waals surface area contributed by atoms with Crippen molar-refractivity contribution < 1.29 is 5.11 Å². The summed E-state index contributed by atoms with van der Waals surface area (Å²) < 4.78 is 4.19. The molecule has 6 heteroatoms. The first kappa shape index (κ1) is 17.1. The average Bonchev–Trinajstić information content (AvgIpc) is 2.90. The van der Waals surface area contributed by atoms with Gasteiger partial charge in [0.1, 0.15) is 6.61 Å². The molecule has 128 valence electrons. The van der Waals surface area contributed by atoms with E-state index in [4.69, 9.17) is 12.2 Å². The van der Waals surface area contributed by atoms with Gasteiger partial charge in [0.2, 0.25) is 0 Å². The summed E-state index contributed by atoms with van der Waals surface area (Å²) in [5.74, 6) is 0.601. The second kappa shape index (κ2) is 7.42. The zero-order chi connectivity index (χ0) is 17.1. The third kappa shape index (κ3) is 3.50. The van der Waals surface area contributed by atoms with Crippen molar-refractivity contribution >= 4 is 17.8 Å². The summed E-state index contributed by atoms with van der Waals surface area (Å²) in [6.45, 7) is 4.61. The van der Waals surface area contributed by atoms with Gasteiger partial charge < -0.3 is 9.67 Å². The minimum absolute atomic E-state index is 0.0923. The first-order valence-corrected chi connectivity index (χ1v) is 8.77. The molecule has 0 radical (unpaired) electrons. The van der Waals surface area contributed by atoms with Gasteiger partial charge in [-0.1, -0.05) is 37.3 Å². The molecule has 3 rings (SSSR count). The number of benzene rings is 1. The smallest absolute Gasteiger partial charge is 0.198 e. The molecule has 0 unspecified atom stereocenters. The van der Waals surface area contributed by atoms with E-state index >= 15 is 0 Å². The molecule has 2 aromatic rings. The lowest BCUT2D eigenvalue weighted by molar-refractivity contribution is 0.222. The highest BCUT2D eigenvalue weighted by molar-refractivity contribution is 7.71. The van der Waals surface area contributed by atoms with Crippen molar-refractivity contribution in [3.63, 3.8) is 0 Å². The standard InChI is InChI=1S/C18H24N4OS/c1-3-14-4-6-15(7-5-14)16-8-10-21(11-9-16)13-22-18(24)20(2)17(12-23)19-22/h4-8,23H,3,9-13H2,1-2H3. The van der Waals surface area contributed by atoms with Crippen LogP contribution in [0.3, 0.4) is 0 Å². The van der Waals surface area contributed by atoms with Crippen LogP contribution in [-0.4, -0.2) is 37.4 Å². The minimum atomic E-state index is -0.0923. The molecule has 1 aromatic carbocycles. The summed E-state index contributed by atoms with van der Waals surface area (Å²) in [5.41, 5.74) is 4.11. The van der Waals surface area contributed by atoms with E-state index in [0.29, 0.717) is 17.3 Å². The molecule has 1 aromatic heterocycles. The van der Waals surface area contributed by atoms with Gasteiger partial charge in [-0.3, -0.25) is 4.90 Å². The molecule has 0 atom stereocenters. The number of aliphatic hydroxyl groups excluding tert-OH is 1. The van der Waals surface area contributed by atoms with Crippen LogP contribution >= 0.6 is 12.2 Å². The Kier molecular flexibility index (Phi) is 5.28. The maximum Gasteiger partial charge on any atom is 0.198 e. The van der Waals surface area contributed by atoms with E-state index in [1.54, 1.807) is 9.25 Å². The number of aliphatic hydroxyl groups is 1. The van der Waals surface area contributed by atoms with Gasteiger partial charge in [0.15, 0.2) is 10.6 Å². The van der Waals surface area contributed by atoms with E-state index in [1.165, 1.54) is 16.7 Å². The molecule has 0 fully saturated rings. The molecular weight excluding hydrogens is 320 g/mol. The SMILES string of the molecule is CCc1ccc(C2=CCN(Cn3nc(CO)n(C)c3=S)CC2)cc1. The lowest BCUT2D eigenvalue weighted by Crippen LogP contribution is -2.31. The molecule has 0 bridgehead atoms. The predicted octanol–water partition coefficient (Wildman–Crippen LogP) is 2.75. The van der Waals surface area contributed by atoms with Gasteiger partial charge >= 0.3 is 0 Å². The van der Waals surface area contributed by atoms with Crippen molar-refractivity contribution in [2.75, 3.05) is 13.1 Å². The van der Waals surface area contributed by atoms with Crippen molar-refractivity contribution in [1.29, 1.82) is 0 Å². The van der Waals surface area contributed by atoms with Gasteiger partial charge in [0, 0.05) is 20.1 Å². The first-order chi connectivity index (χ1) is 11.6. The van der Waals surface area contributed by atoms with Gasteiger partial charge in [-0.15, -0.1) is 0 Å². The third-order valence-electron chi connectivity index (χ3n) is 4.63. The molecule has 5 nitrogen and oxygen atoms in total. The Labute approximate surface area is 147 Å². The molecule has 0 aliphatic carbocycles. The fraction of sp³-hybridized carbons (Fsp3) is 0.444. The maximum absolute atomic E-state index is 9.29. The van der Waals surface area contributed by atoms with E-state index in [0.717, 1.165) is 25.9 Å². The number of aromatic nitrogens is 3. The van der Waals surface area contributed by atoms with Crippen LogP contribution in [-0.2, 0) is 26.7 Å². The molecule has 2 heterocycles. The molecule has 0 saturated heterocycles. The van der Waals surface area contributed by atoms with Crippen LogP contribution < -0.4 is 0 Å². The number of hydrogen-bond donors (Lipinski definition) is 1. The van der Waals surface area contributed by atoms with Gasteiger partial charge in [-0.05, 0) is 41.8 Å². The Morgan fingerprint density at radius 3 is 2.54 bits per heavy atom. The second-order valence-corrected chi connectivity index (χ2v) is 6.53. The van der Waals surface area contributed by atoms with Crippen LogP contribution in [0.25, 0.3) is 5.57 Å². The monoisotopic (exact) mass is 344 g/mol. The minimum Gasteiger partial charge on any atom is -0.388 e. The zero-order valence-corrected chi connectivity index (χ0v) is 15.1. The van der Waals surface area contributed by atoms with E-state index in [2.05, 4.69) is 47.3 Å². The molecule has 1 N–H and O–H groups in total. The van der Waals surface area contributed by atoms with Crippen molar-refractivity contribution in [3.05, 3.63) is 52.1 Å². The van der Waals surface area contributed by atoms with E-state index in [-0.39, 0.29) is 6.61 Å². The van der Waals surface area contributed by atoms with Crippen LogP contribution in [0.15, 0.2) is 30.3 Å². The lowest BCUT2D eigenvalue weighted by atomic mass is 9.98. The Balaban J connectivity index is 1.67. The summed E-state index contributed by atoms with van der Waals surface area (Å²) in [5, 5.41) is 13.7. The van der Waals surface area contributed by atoms with Gasteiger partial charge in [-0.2, -0.15) is 5.10 Å². The summed E-state index contributed by atoms with van der Waals surface area (Å²) >= 11 is 5.38.